The third-order valence-electron chi connectivity index (χ3n) is 5.38. The van der Waals surface area contributed by atoms with E-state index in [4.69, 9.17) is 21.3 Å². The number of aryl methyl sites for hydroxylation is 2. The molecule has 0 bridgehead atoms. The first-order valence-electron chi connectivity index (χ1n) is 10.4. The van der Waals surface area contributed by atoms with Crippen molar-refractivity contribution in [3.05, 3.63) is 88.5 Å². The van der Waals surface area contributed by atoms with Crippen molar-refractivity contribution in [3.63, 3.8) is 0 Å². The number of imidazole rings is 1. The molecule has 2 aromatic heterocycles. The van der Waals surface area contributed by atoms with Gasteiger partial charge in [-0.25, -0.2) is 4.98 Å². The fourth-order valence-corrected chi connectivity index (χ4v) is 3.85. The minimum atomic E-state index is -0.0747. The van der Waals surface area contributed by atoms with Gasteiger partial charge in [-0.1, -0.05) is 23.7 Å². The molecule has 164 valence electrons. The molecule has 0 fully saturated rings. The van der Waals surface area contributed by atoms with E-state index < -0.39 is 0 Å². The van der Waals surface area contributed by atoms with E-state index in [2.05, 4.69) is 9.55 Å². The van der Waals surface area contributed by atoms with Crippen LogP contribution in [0.4, 0.5) is 0 Å². The Morgan fingerprint density at radius 1 is 1.09 bits per heavy atom. The fraction of sp³-hybridized carbons (Fsp3) is 0.240. The Hall–Kier alpha value is -3.38. The molecule has 0 atom stereocenters. The van der Waals surface area contributed by atoms with Gasteiger partial charge in [0.05, 0.1) is 24.1 Å². The first-order valence-corrected chi connectivity index (χ1v) is 10.8. The quantitative estimate of drug-likeness (QED) is 0.397. The molecule has 0 spiro atoms. The monoisotopic (exact) mass is 448 g/mol. The summed E-state index contributed by atoms with van der Waals surface area (Å²) in [5.74, 6) is 1.53. The number of para-hydroxylation sites is 2. The van der Waals surface area contributed by atoms with Gasteiger partial charge in [-0.05, 0) is 61.4 Å². The van der Waals surface area contributed by atoms with E-state index in [1.54, 1.807) is 36.5 Å². The van der Waals surface area contributed by atoms with Gasteiger partial charge in [0.25, 0.3) is 5.91 Å². The predicted molar refractivity (Wildman–Crippen MR) is 126 cm³/mol. The number of pyridine rings is 1. The maximum atomic E-state index is 12.8. The smallest absolute Gasteiger partial charge is 0.254 e. The van der Waals surface area contributed by atoms with E-state index in [-0.39, 0.29) is 5.91 Å². The second kappa shape index (κ2) is 9.40. The predicted octanol–water partition coefficient (Wildman–Crippen LogP) is 5.05. The Morgan fingerprint density at radius 2 is 1.78 bits per heavy atom. The second-order valence-electron chi connectivity index (χ2n) is 7.79. The van der Waals surface area contributed by atoms with E-state index >= 15 is 0 Å². The normalized spacial score (nSPS) is 11.0. The largest absolute Gasteiger partial charge is 0.492 e. The van der Waals surface area contributed by atoms with Gasteiger partial charge in [0.1, 0.15) is 18.2 Å². The van der Waals surface area contributed by atoms with Gasteiger partial charge in [0.15, 0.2) is 0 Å². The number of ether oxygens (including phenoxy) is 1. The molecule has 4 aromatic rings. The molecule has 0 unspecified atom stereocenters. The molecule has 0 aliphatic carbocycles. The molecule has 2 aromatic carbocycles. The molecule has 7 heteroatoms. The van der Waals surface area contributed by atoms with Crippen molar-refractivity contribution in [2.45, 2.75) is 26.9 Å². The van der Waals surface area contributed by atoms with E-state index in [1.165, 1.54) is 0 Å². The minimum absolute atomic E-state index is 0.0747. The first kappa shape index (κ1) is 21.8. The number of carbonyl (C=O) groups is 1. The van der Waals surface area contributed by atoms with Crippen LogP contribution in [-0.2, 0) is 13.1 Å². The van der Waals surface area contributed by atoms with Crippen molar-refractivity contribution in [3.8, 4) is 5.75 Å². The number of amides is 1. The lowest BCUT2D eigenvalue weighted by Crippen LogP contribution is -2.28. The molecule has 0 saturated heterocycles. The van der Waals surface area contributed by atoms with Gasteiger partial charge in [-0.3, -0.25) is 9.78 Å². The summed E-state index contributed by atoms with van der Waals surface area (Å²) in [7, 11) is 1.78. The molecule has 2 heterocycles. The summed E-state index contributed by atoms with van der Waals surface area (Å²) < 4.78 is 8.14. The summed E-state index contributed by atoms with van der Waals surface area (Å²) in [6, 6.07) is 15.3. The highest BCUT2D eigenvalue weighted by atomic mass is 35.5. The van der Waals surface area contributed by atoms with Crippen molar-refractivity contribution in [1.82, 2.24) is 19.4 Å². The molecule has 0 aliphatic heterocycles. The third kappa shape index (κ3) is 4.60. The number of carbonyl (C=O) groups excluding carboxylic acids is 1. The zero-order chi connectivity index (χ0) is 22.7. The number of hydrogen-bond donors (Lipinski definition) is 0. The number of aromatic nitrogens is 3. The lowest BCUT2D eigenvalue weighted by molar-refractivity contribution is 0.0780. The van der Waals surface area contributed by atoms with Gasteiger partial charge in [0.2, 0.25) is 0 Å². The van der Waals surface area contributed by atoms with Gasteiger partial charge in [-0.2, -0.15) is 0 Å². The SMILES string of the molecule is Cc1cc(OCCn2c(CN(C)C(=O)c3ccncc3)nc3ccccc32)cc(C)c1Cl. The topological polar surface area (TPSA) is 60.2 Å². The highest BCUT2D eigenvalue weighted by Crippen LogP contribution is 2.26. The van der Waals surface area contributed by atoms with E-state index in [0.717, 1.165) is 38.8 Å². The van der Waals surface area contributed by atoms with Crippen LogP contribution in [0, 0.1) is 13.8 Å². The molecule has 6 nitrogen and oxygen atoms in total. The van der Waals surface area contributed by atoms with Gasteiger partial charge in [0, 0.05) is 30.0 Å². The summed E-state index contributed by atoms with van der Waals surface area (Å²) in [5, 5.41) is 0.766. The summed E-state index contributed by atoms with van der Waals surface area (Å²) in [6.07, 6.45) is 3.24. The number of rotatable bonds is 7. The molecule has 0 aliphatic rings. The van der Waals surface area contributed by atoms with Crippen LogP contribution in [0.1, 0.15) is 27.3 Å². The molecule has 32 heavy (non-hydrogen) atoms. The number of halogens is 1. The van der Waals surface area contributed by atoms with E-state index in [1.807, 2.05) is 50.2 Å². The van der Waals surface area contributed by atoms with E-state index in [0.29, 0.717) is 25.3 Å². The standard InChI is InChI=1S/C25H25ClN4O2/c1-17-14-20(15-18(2)24(17)26)32-13-12-30-22-7-5-4-6-21(22)28-23(30)16-29(3)25(31)19-8-10-27-11-9-19/h4-11,14-15H,12-13,16H2,1-3H3. The highest BCUT2D eigenvalue weighted by Gasteiger charge is 2.17. The summed E-state index contributed by atoms with van der Waals surface area (Å²) in [5.41, 5.74) is 4.49. The Balaban J connectivity index is 1.53. The van der Waals surface area contributed by atoms with Crippen molar-refractivity contribution >= 4 is 28.5 Å². The molecule has 0 radical (unpaired) electrons. The van der Waals surface area contributed by atoms with Crippen LogP contribution in [0.2, 0.25) is 5.02 Å². The third-order valence-corrected chi connectivity index (χ3v) is 5.98. The average molecular weight is 449 g/mol. The Kier molecular flexibility index (Phi) is 6.42. The highest BCUT2D eigenvalue weighted by molar-refractivity contribution is 6.32. The van der Waals surface area contributed by atoms with Crippen LogP contribution in [0.5, 0.6) is 5.75 Å². The van der Waals surface area contributed by atoms with Gasteiger partial charge in [-0.15, -0.1) is 0 Å². The van der Waals surface area contributed by atoms with Crippen LogP contribution < -0.4 is 4.74 Å². The maximum Gasteiger partial charge on any atom is 0.254 e. The molecular weight excluding hydrogens is 424 g/mol. The molecule has 0 saturated carbocycles. The van der Waals surface area contributed by atoms with Crippen LogP contribution >= 0.6 is 11.6 Å². The first-order chi connectivity index (χ1) is 15.4. The fourth-order valence-electron chi connectivity index (χ4n) is 3.74. The molecular formula is C25H25ClN4O2. The molecule has 0 N–H and O–H groups in total. The van der Waals surface area contributed by atoms with Crippen molar-refractivity contribution in [1.29, 1.82) is 0 Å². The van der Waals surface area contributed by atoms with Crippen molar-refractivity contribution < 1.29 is 9.53 Å². The summed E-state index contributed by atoms with van der Waals surface area (Å²) in [6.45, 7) is 5.40. The summed E-state index contributed by atoms with van der Waals surface area (Å²) in [4.78, 5) is 23.2. The van der Waals surface area contributed by atoms with Crippen molar-refractivity contribution in [2.24, 2.45) is 0 Å². The zero-order valence-corrected chi connectivity index (χ0v) is 19.1. The Labute approximate surface area is 192 Å². The average Bonchev–Trinajstić information content (AvgIpc) is 3.14. The van der Waals surface area contributed by atoms with Gasteiger partial charge >= 0.3 is 0 Å². The molecule has 4 rings (SSSR count). The number of hydrogen-bond acceptors (Lipinski definition) is 4. The Bertz CT molecular complexity index is 1230. The van der Waals surface area contributed by atoms with Gasteiger partial charge < -0.3 is 14.2 Å². The number of benzene rings is 2. The summed E-state index contributed by atoms with van der Waals surface area (Å²) >= 11 is 6.27. The van der Waals surface area contributed by atoms with Crippen LogP contribution in [0.3, 0.4) is 0 Å². The van der Waals surface area contributed by atoms with Crippen LogP contribution in [0.25, 0.3) is 11.0 Å². The second-order valence-corrected chi connectivity index (χ2v) is 8.16. The zero-order valence-electron chi connectivity index (χ0n) is 18.4. The van der Waals surface area contributed by atoms with E-state index in [9.17, 15) is 4.79 Å². The minimum Gasteiger partial charge on any atom is -0.492 e. The number of fused-ring (bicyclic) bond motifs is 1. The maximum absolute atomic E-state index is 12.8. The lowest BCUT2D eigenvalue weighted by atomic mass is 10.1. The molecule has 1 amide bonds. The number of nitrogens with zero attached hydrogens (tertiary/aromatic N) is 4. The lowest BCUT2D eigenvalue weighted by Gasteiger charge is -2.18. The van der Waals surface area contributed by atoms with Crippen molar-refractivity contribution in [2.75, 3.05) is 13.7 Å². The van der Waals surface area contributed by atoms with Crippen LogP contribution in [-0.4, -0.2) is 39.0 Å². The van der Waals surface area contributed by atoms with Crippen LogP contribution in [0.15, 0.2) is 60.9 Å². The Morgan fingerprint density at radius 3 is 2.50 bits per heavy atom.